The minimum absolute atomic E-state index is 0.0853. The Hall–Kier alpha value is -0.570. The standard InChI is InChI=1S/C15H28N2O/c1-3-12-10-9-11(2)17(12)15(18)13-7-5-4-6-8-14(13)16/h11-14H,3-10,16H2,1-2H3. The average molecular weight is 252 g/mol. The average Bonchev–Trinajstić information content (AvgIpc) is 2.59. The van der Waals surface area contributed by atoms with Crippen molar-refractivity contribution < 1.29 is 4.79 Å². The van der Waals surface area contributed by atoms with Gasteiger partial charge in [-0.2, -0.15) is 0 Å². The summed E-state index contributed by atoms with van der Waals surface area (Å²) in [5.74, 6) is 0.434. The lowest BCUT2D eigenvalue weighted by Crippen LogP contribution is -2.48. The van der Waals surface area contributed by atoms with E-state index in [1.165, 1.54) is 25.7 Å². The molecule has 0 aromatic carbocycles. The van der Waals surface area contributed by atoms with Gasteiger partial charge in [-0.3, -0.25) is 4.79 Å². The third kappa shape index (κ3) is 2.71. The summed E-state index contributed by atoms with van der Waals surface area (Å²) in [6, 6.07) is 0.964. The molecule has 0 bridgehead atoms. The number of nitrogens with two attached hydrogens (primary N) is 1. The van der Waals surface area contributed by atoms with Crippen LogP contribution in [-0.4, -0.2) is 28.9 Å². The van der Waals surface area contributed by atoms with Crippen molar-refractivity contribution >= 4 is 5.91 Å². The van der Waals surface area contributed by atoms with Crippen molar-refractivity contribution in [2.45, 2.75) is 83.3 Å². The fourth-order valence-corrected chi connectivity index (χ4v) is 3.70. The van der Waals surface area contributed by atoms with Crippen LogP contribution in [0.2, 0.25) is 0 Å². The van der Waals surface area contributed by atoms with Crippen molar-refractivity contribution in [1.29, 1.82) is 0 Å². The molecule has 3 heteroatoms. The molecule has 0 radical (unpaired) electrons. The summed E-state index contributed by atoms with van der Waals surface area (Å²) in [7, 11) is 0. The topological polar surface area (TPSA) is 46.3 Å². The maximum Gasteiger partial charge on any atom is 0.227 e. The smallest absolute Gasteiger partial charge is 0.227 e. The van der Waals surface area contributed by atoms with Crippen LogP contribution in [0.15, 0.2) is 0 Å². The zero-order valence-corrected chi connectivity index (χ0v) is 11.9. The fraction of sp³-hybridized carbons (Fsp3) is 0.933. The predicted molar refractivity (Wildman–Crippen MR) is 74.2 cm³/mol. The fourth-order valence-electron chi connectivity index (χ4n) is 3.70. The lowest BCUT2D eigenvalue weighted by Gasteiger charge is -2.33. The van der Waals surface area contributed by atoms with E-state index < -0.39 is 0 Å². The van der Waals surface area contributed by atoms with E-state index in [0.717, 1.165) is 25.7 Å². The quantitative estimate of drug-likeness (QED) is 0.768. The van der Waals surface area contributed by atoms with Gasteiger partial charge in [0.1, 0.15) is 0 Å². The van der Waals surface area contributed by atoms with Crippen LogP contribution in [0.1, 0.15) is 65.2 Å². The maximum absolute atomic E-state index is 12.8. The minimum Gasteiger partial charge on any atom is -0.337 e. The number of rotatable bonds is 2. The number of likely N-dealkylation sites (tertiary alicyclic amines) is 1. The van der Waals surface area contributed by atoms with Crippen LogP contribution in [0, 0.1) is 5.92 Å². The molecule has 3 nitrogen and oxygen atoms in total. The van der Waals surface area contributed by atoms with Crippen molar-refractivity contribution in [2.75, 3.05) is 0 Å². The highest BCUT2D eigenvalue weighted by atomic mass is 16.2. The first-order valence-electron chi connectivity index (χ1n) is 7.73. The van der Waals surface area contributed by atoms with E-state index in [0.29, 0.717) is 18.0 Å². The Kier molecular flexibility index (Phi) is 4.66. The summed E-state index contributed by atoms with van der Waals surface area (Å²) in [6.45, 7) is 4.38. The third-order valence-electron chi connectivity index (χ3n) is 4.90. The molecule has 2 N–H and O–H groups in total. The number of amides is 1. The molecule has 1 heterocycles. The number of carbonyl (C=O) groups is 1. The molecule has 1 aliphatic heterocycles. The molecule has 2 aliphatic rings. The molecule has 2 rings (SSSR count). The number of hydrogen-bond donors (Lipinski definition) is 1. The van der Waals surface area contributed by atoms with E-state index in [-0.39, 0.29) is 12.0 Å². The second-order valence-corrected chi connectivity index (χ2v) is 6.14. The Morgan fingerprint density at radius 1 is 1.17 bits per heavy atom. The van der Waals surface area contributed by atoms with Gasteiger partial charge >= 0.3 is 0 Å². The summed E-state index contributed by atoms with van der Waals surface area (Å²) in [5.41, 5.74) is 6.23. The molecule has 4 atom stereocenters. The Morgan fingerprint density at radius 2 is 1.89 bits per heavy atom. The SMILES string of the molecule is CCC1CCC(C)N1C(=O)C1CCCCCC1N. The Bertz CT molecular complexity index is 292. The molecule has 4 unspecified atom stereocenters. The second kappa shape index (κ2) is 6.05. The highest BCUT2D eigenvalue weighted by Crippen LogP contribution is 2.31. The van der Waals surface area contributed by atoms with Gasteiger partial charge < -0.3 is 10.6 Å². The minimum atomic E-state index is 0.0853. The van der Waals surface area contributed by atoms with Crippen LogP contribution in [0.25, 0.3) is 0 Å². The van der Waals surface area contributed by atoms with Crippen molar-refractivity contribution in [3.63, 3.8) is 0 Å². The van der Waals surface area contributed by atoms with E-state index in [1.54, 1.807) is 0 Å². The number of hydrogen-bond acceptors (Lipinski definition) is 2. The Morgan fingerprint density at radius 3 is 2.61 bits per heavy atom. The normalized spacial score (nSPS) is 37.6. The first-order chi connectivity index (χ1) is 8.65. The van der Waals surface area contributed by atoms with Crippen molar-refractivity contribution in [2.24, 2.45) is 11.7 Å². The zero-order chi connectivity index (χ0) is 13.1. The van der Waals surface area contributed by atoms with Crippen molar-refractivity contribution in [3.8, 4) is 0 Å². The molecule has 2 fully saturated rings. The molecule has 0 spiro atoms. The first-order valence-corrected chi connectivity index (χ1v) is 7.73. The van der Waals surface area contributed by atoms with Crippen LogP contribution in [-0.2, 0) is 4.79 Å². The molecule has 0 aromatic rings. The zero-order valence-electron chi connectivity index (χ0n) is 11.9. The first kappa shape index (κ1) is 13.9. The summed E-state index contributed by atoms with van der Waals surface area (Å²) >= 11 is 0. The Labute approximate surface area is 111 Å². The molecule has 1 saturated carbocycles. The summed E-state index contributed by atoms with van der Waals surface area (Å²) in [5, 5.41) is 0. The lowest BCUT2D eigenvalue weighted by molar-refractivity contribution is -0.139. The Balaban J connectivity index is 2.08. The van der Waals surface area contributed by atoms with Crippen LogP contribution in [0.5, 0.6) is 0 Å². The lowest BCUT2D eigenvalue weighted by atomic mass is 9.93. The molecule has 1 saturated heterocycles. The highest BCUT2D eigenvalue weighted by molar-refractivity contribution is 5.80. The van der Waals surface area contributed by atoms with Crippen molar-refractivity contribution in [1.82, 2.24) is 4.90 Å². The largest absolute Gasteiger partial charge is 0.337 e. The van der Waals surface area contributed by atoms with Gasteiger partial charge in [0.05, 0.1) is 5.92 Å². The molecular formula is C15H28N2O. The number of carbonyl (C=O) groups excluding carboxylic acids is 1. The van der Waals surface area contributed by atoms with Gasteiger partial charge in [-0.25, -0.2) is 0 Å². The van der Waals surface area contributed by atoms with Crippen LogP contribution in [0.3, 0.4) is 0 Å². The van der Waals surface area contributed by atoms with E-state index in [1.807, 2.05) is 0 Å². The third-order valence-corrected chi connectivity index (χ3v) is 4.90. The summed E-state index contributed by atoms with van der Waals surface area (Å²) < 4.78 is 0. The molecule has 0 aromatic heterocycles. The van der Waals surface area contributed by atoms with Crippen LogP contribution in [0.4, 0.5) is 0 Å². The maximum atomic E-state index is 12.8. The van der Waals surface area contributed by atoms with Gasteiger partial charge in [-0.15, -0.1) is 0 Å². The van der Waals surface area contributed by atoms with Crippen LogP contribution < -0.4 is 5.73 Å². The number of nitrogens with zero attached hydrogens (tertiary/aromatic N) is 1. The van der Waals surface area contributed by atoms with Gasteiger partial charge in [0.15, 0.2) is 0 Å². The van der Waals surface area contributed by atoms with Crippen molar-refractivity contribution in [3.05, 3.63) is 0 Å². The van der Waals surface area contributed by atoms with Gasteiger partial charge in [-0.05, 0) is 39.0 Å². The molecule has 104 valence electrons. The van der Waals surface area contributed by atoms with E-state index in [4.69, 9.17) is 5.73 Å². The summed E-state index contributed by atoms with van der Waals surface area (Å²) in [4.78, 5) is 15.0. The van der Waals surface area contributed by atoms with Gasteiger partial charge in [0, 0.05) is 18.1 Å². The van der Waals surface area contributed by atoms with E-state index in [2.05, 4.69) is 18.7 Å². The monoisotopic (exact) mass is 252 g/mol. The molecular weight excluding hydrogens is 224 g/mol. The molecule has 18 heavy (non-hydrogen) atoms. The molecule has 1 amide bonds. The van der Waals surface area contributed by atoms with Gasteiger partial charge in [0.25, 0.3) is 0 Å². The molecule has 1 aliphatic carbocycles. The predicted octanol–water partition coefficient (Wildman–Crippen LogP) is 2.68. The van der Waals surface area contributed by atoms with Gasteiger partial charge in [0.2, 0.25) is 5.91 Å². The summed E-state index contributed by atoms with van der Waals surface area (Å²) in [6.07, 6.45) is 9.04. The van der Waals surface area contributed by atoms with Gasteiger partial charge in [-0.1, -0.05) is 26.2 Å². The van der Waals surface area contributed by atoms with E-state index in [9.17, 15) is 4.79 Å². The highest BCUT2D eigenvalue weighted by Gasteiger charge is 2.38. The second-order valence-electron chi connectivity index (χ2n) is 6.14. The van der Waals surface area contributed by atoms with Crippen LogP contribution >= 0.6 is 0 Å². The van der Waals surface area contributed by atoms with E-state index >= 15 is 0 Å².